The van der Waals surface area contributed by atoms with Crippen LogP contribution < -0.4 is 10.6 Å². The normalized spacial score (nSPS) is 32.3. The monoisotopic (exact) mass is 356 g/mol. The highest BCUT2D eigenvalue weighted by atomic mass is 16.2. The molecule has 2 fully saturated rings. The minimum atomic E-state index is -1.02. The summed E-state index contributed by atoms with van der Waals surface area (Å²) in [4.78, 5) is 40.7. The first-order valence-electron chi connectivity index (χ1n) is 9.62. The number of amides is 3. The maximum absolute atomic E-state index is 13.2. The molecule has 2 saturated heterocycles. The summed E-state index contributed by atoms with van der Waals surface area (Å²) in [6, 6.07) is 5.78. The van der Waals surface area contributed by atoms with Crippen molar-refractivity contribution in [2.24, 2.45) is 11.8 Å². The van der Waals surface area contributed by atoms with Crippen LogP contribution in [0.3, 0.4) is 0 Å². The van der Waals surface area contributed by atoms with Crippen molar-refractivity contribution in [3.05, 3.63) is 29.3 Å². The number of para-hydroxylation sites is 1. The molecule has 3 aliphatic rings. The zero-order valence-corrected chi connectivity index (χ0v) is 15.5. The second-order valence-corrected chi connectivity index (χ2v) is 7.73. The van der Waals surface area contributed by atoms with Crippen LogP contribution >= 0.6 is 0 Å². The highest BCUT2D eigenvalue weighted by molar-refractivity contribution is 6.14. The number of aryl methyl sites for hydroxylation is 1. The Kier molecular flexibility index (Phi) is 3.91. The van der Waals surface area contributed by atoms with Gasteiger partial charge in [0, 0.05) is 12.1 Å². The molecule has 138 valence electrons. The fourth-order valence-electron chi connectivity index (χ4n) is 5.12. The molecule has 3 aliphatic heterocycles. The number of anilines is 1. The number of rotatable bonds is 4. The third-order valence-electron chi connectivity index (χ3n) is 6.35. The van der Waals surface area contributed by atoms with E-state index in [0.717, 1.165) is 36.1 Å². The molecule has 0 unspecified atom stereocenters. The number of nitrogens with zero attached hydrogens (tertiary/aromatic N) is 1. The Morgan fingerprint density at radius 1 is 1.19 bits per heavy atom. The second kappa shape index (κ2) is 5.91. The SMILES string of the molecule is CCCCN1C(=O)[C@H]2[C@@H](C1=O)[C@]1([NH2+][C@@H]2C)C(=O)Nc2c(CC)cccc21. The highest BCUT2D eigenvalue weighted by Crippen LogP contribution is 2.49. The van der Waals surface area contributed by atoms with Gasteiger partial charge in [0.25, 0.3) is 5.91 Å². The van der Waals surface area contributed by atoms with E-state index in [1.165, 1.54) is 4.90 Å². The van der Waals surface area contributed by atoms with Crippen LogP contribution in [0.25, 0.3) is 0 Å². The molecule has 0 radical (unpaired) electrons. The van der Waals surface area contributed by atoms with Gasteiger partial charge >= 0.3 is 0 Å². The van der Waals surface area contributed by atoms with Crippen LogP contribution in [0.4, 0.5) is 5.69 Å². The van der Waals surface area contributed by atoms with E-state index in [1.807, 2.05) is 44.3 Å². The number of fused-ring (bicyclic) bond motifs is 4. The quantitative estimate of drug-likeness (QED) is 0.782. The van der Waals surface area contributed by atoms with Crippen LogP contribution in [0, 0.1) is 11.8 Å². The van der Waals surface area contributed by atoms with Crippen molar-refractivity contribution in [2.45, 2.75) is 51.6 Å². The molecule has 6 heteroatoms. The number of hydrogen-bond acceptors (Lipinski definition) is 3. The number of carbonyl (C=O) groups is 3. The lowest BCUT2D eigenvalue weighted by molar-refractivity contribution is -0.730. The summed E-state index contributed by atoms with van der Waals surface area (Å²) in [6.45, 7) is 6.49. The molecule has 0 aliphatic carbocycles. The summed E-state index contributed by atoms with van der Waals surface area (Å²) in [5, 5.41) is 4.98. The first-order chi connectivity index (χ1) is 12.5. The third-order valence-corrected chi connectivity index (χ3v) is 6.35. The summed E-state index contributed by atoms with van der Waals surface area (Å²) >= 11 is 0. The van der Waals surface area contributed by atoms with Gasteiger partial charge in [-0.2, -0.15) is 0 Å². The topological polar surface area (TPSA) is 83.1 Å². The van der Waals surface area contributed by atoms with Crippen molar-refractivity contribution in [3.63, 3.8) is 0 Å². The zero-order valence-electron chi connectivity index (χ0n) is 15.5. The molecule has 3 N–H and O–H groups in total. The number of benzene rings is 1. The lowest BCUT2D eigenvalue weighted by Crippen LogP contribution is -2.98. The average Bonchev–Trinajstić information content (AvgIpc) is 3.18. The number of imide groups is 1. The van der Waals surface area contributed by atoms with Crippen LogP contribution in [-0.2, 0) is 26.3 Å². The molecule has 26 heavy (non-hydrogen) atoms. The van der Waals surface area contributed by atoms with E-state index in [1.54, 1.807) is 0 Å². The lowest BCUT2D eigenvalue weighted by Gasteiger charge is -2.25. The zero-order chi connectivity index (χ0) is 18.6. The van der Waals surface area contributed by atoms with Gasteiger partial charge in [-0.05, 0) is 25.3 Å². The summed E-state index contributed by atoms with van der Waals surface area (Å²) in [5.41, 5.74) is 1.74. The van der Waals surface area contributed by atoms with Gasteiger partial charge in [-0.3, -0.25) is 19.3 Å². The van der Waals surface area contributed by atoms with Crippen LogP contribution in [0.1, 0.15) is 44.7 Å². The summed E-state index contributed by atoms with van der Waals surface area (Å²) in [7, 11) is 0. The maximum Gasteiger partial charge on any atom is 0.291 e. The van der Waals surface area contributed by atoms with Crippen LogP contribution in [0.15, 0.2) is 18.2 Å². The average molecular weight is 356 g/mol. The first kappa shape index (κ1) is 17.2. The Bertz CT molecular complexity index is 805. The van der Waals surface area contributed by atoms with Crippen LogP contribution in [0.5, 0.6) is 0 Å². The van der Waals surface area contributed by atoms with Crippen molar-refractivity contribution in [1.82, 2.24) is 4.90 Å². The Labute approximate surface area is 153 Å². The van der Waals surface area contributed by atoms with Gasteiger partial charge in [-0.15, -0.1) is 0 Å². The smallest absolute Gasteiger partial charge is 0.291 e. The second-order valence-electron chi connectivity index (χ2n) is 7.73. The predicted octanol–water partition coefficient (Wildman–Crippen LogP) is 0.763. The standard InChI is InChI=1S/C20H25N3O3/c1-4-6-10-23-17(24)14-11(3)22-20(15(14)18(23)25)13-9-7-8-12(5-2)16(13)21-19(20)26/h7-9,11,14-15,22H,4-6,10H2,1-3H3,(H,21,26)/p+1/t11-,14-,15+,20+/m1/s1. The minimum Gasteiger partial charge on any atom is -0.326 e. The number of carbonyl (C=O) groups excluding carboxylic acids is 3. The molecular formula is C20H26N3O3+. The molecule has 3 amide bonds. The van der Waals surface area contributed by atoms with Gasteiger partial charge in [0.15, 0.2) is 0 Å². The largest absolute Gasteiger partial charge is 0.326 e. The van der Waals surface area contributed by atoms with Gasteiger partial charge in [0.1, 0.15) is 11.8 Å². The molecule has 1 aromatic carbocycles. The molecule has 1 aromatic rings. The summed E-state index contributed by atoms with van der Waals surface area (Å²) in [6.07, 6.45) is 2.52. The Morgan fingerprint density at radius 3 is 2.65 bits per heavy atom. The Balaban J connectivity index is 1.83. The number of quaternary nitrogens is 1. The summed E-state index contributed by atoms with van der Waals surface area (Å²) < 4.78 is 0. The predicted molar refractivity (Wildman–Crippen MR) is 96.1 cm³/mol. The number of hydrogen-bond donors (Lipinski definition) is 2. The number of nitrogens with one attached hydrogen (secondary N) is 1. The van der Waals surface area contributed by atoms with E-state index in [4.69, 9.17) is 0 Å². The van der Waals surface area contributed by atoms with E-state index in [9.17, 15) is 14.4 Å². The molecular weight excluding hydrogens is 330 g/mol. The van der Waals surface area contributed by atoms with Gasteiger partial charge in [0.2, 0.25) is 17.4 Å². The van der Waals surface area contributed by atoms with Gasteiger partial charge in [0.05, 0.1) is 11.7 Å². The molecule has 0 bridgehead atoms. The Hall–Kier alpha value is -2.21. The van der Waals surface area contributed by atoms with E-state index in [-0.39, 0.29) is 23.8 Å². The number of unbranched alkanes of at least 4 members (excludes halogenated alkanes) is 1. The van der Waals surface area contributed by atoms with Crippen molar-refractivity contribution in [1.29, 1.82) is 0 Å². The van der Waals surface area contributed by atoms with Gasteiger partial charge in [-0.25, -0.2) is 0 Å². The molecule has 0 aromatic heterocycles. The fourth-order valence-corrected chi connectivity index (χ4v) is 5.12. The van der Waals surface area contributed by atoms with Gasteiger partial charge in [-0.1, -0.05) is 38.5 Å². The molecule has 6 nitrogen and oxygen atoms in total. The summed E-state index contributed by atoms with van der Waals surface area (Å²) in [5.74, 6) is -1.50. The maximum atomic E-state index is 13.2. The van der Waals surface area contributed by atoms with Crippen molar-refractivity contribution in [3.8, 4) is 0 Å². The van der Waals surface area contributed by atoms with Crippen molar-refractivity contribution >= 4 is 23.4 Å². The number of likely N-dealkylation sites (tertiary alicyclic amines) is 1. The molecule has 0 saturated carbocycles. The lowest BCUT2D eigenvalue weighted by atomic mass is 9.76. The highest BCUT2D eigenvalue weighted by Gasteiger charge is 2.73. The van der Waals surface area contributed by atoms with Crippen LogP contribution in [0.2, 0.25) is 0 Å². The van der Waals surface area contributed by atoms with E-state index < -0.39 is 17.4 Å². The van der Waals surface area contributed by atoms with E-state index in [2.05, 4.69) is 5.32 Å². The van der Waals surface area contributed by atoms with Crippen LogP contribution in [-0.4, -0.2) is 35.2 Å². The molecule has 1 spiro atoms. The van der Waals surface area contributed by atoms with Gasteiger partial charge < -0.3 is 10.6 Å². The van der Waals surface area contributed by atoms with E-state index in [0.29, 0.717) is 6.54 Å². The fraction of sp³-hybridized carbons (Fsp3) is 0.550. The minimum absolute atomic E-state index is 0.106. The van der Waals surface area contributed by atoms with Crippen molar-refractivity contribution < 1.29 is 19.7 Å². The molecule has 4 rings (SSSR count). The molecule has 4 atom stereocenters. The van der Waals surface area contributed by atoms with E-state index >= 15 is 0 Å². The third kappa shape index (κ3) is 1.99. The first-order valence-corrected chi connectivity index (χ1v) is 9.62. The molecule has 3 heterocycles. The van der Waals surface area contributed by atoms with Crippen molar-refractivity contribution in [2.75, 3.05) is 11.9 Å². The Morgan fingerprint density at radius 2 is 1.96 bits per heavy atom. The number of nitrogens with two attached hydrogens (primary N) is 1.